The van der Waals surface area contributed by atoms with Crippen LogP contribution < -0.4 is 0 Å². The summed E-state index contributed by atoms with van der Waals surface area (Å²) in [5.41, 5.74) is 4.70. The molecule has 2 nitrogen and oxygen atoms in total. The lowest BCUT2D eigenvalue weighted by Crippen LogP contribution is -2.06. The molecule has 1 aromatic carbocycles. The lowest BCUT2D eigenvalue weighted by atomic mass is 9.95. The van der Waals surface area contributed by atoms with Gasteiger partial charge in [0.2, 0.25) is 5.78 Å². The van der Waals surface area contributed by atoms with E-state index >= 15 is 0 Å². The number of carbonyl (C=O) groups is 1. The second-order valence-electron chi connectivity index (χ2n) is 5.10. The average Bonchev–Trinajstić information content (AvgIpc) is 2.82. The minimum Gasteiger partial charge on any atom is -0.458 e. The van der Waals surface area contributed by atoms with E-state index in [1.165, 1.54) is 16.7 Å². The summed E-state index contributed by atoms with van der Waals surface area (Å²) in [7, 11) is 0. The molecular formula is C17H20O2. The summed E-state index contributed by atoms with van der Waals surface area (Å²) in [6.07, 6.45) is 1.23. The van der Waals surface area contributed by atoms with E-state index in [1.807, 2.05) is 13.0 Å². The summed E-state index contributed by atoms with van der Waals surface area (Å²) < 4.78 is 5.52. The maximum atomic E-state index is 12.2. The lowest BCUT2D eigenvalue weighted by Gasteiger charge is -2.09. The van der Waals surface area contributed by atoms with Crippen LogP contribution in [0.5, 0.6) is 0 Å². The van der Waals surface area contributed by atoms with Crippen LogP contribution in [0.15, 0.2) is 28.7 Å². The SMILES string of the molecule is CCc1ccc(C(=O)Cc2c(C)cc(C)cc2C)o1. The number of benzene rings is 1. The highest BCUT2D eigenvalue weighted by atomic mass is 16.3. The Balaban J connectivity index is 2.24. The molecule has 1 heterocycles. The third-order valence-corrected chi connectivity index (χ3v) is 3.46. The van der Waals surface area contributed by atoms with Gasteiger partial charge in [-0.05, 0) is 49.6 Å². The quantitative estimate of drug-likeness (QED) is 0.768. The molecule has 0 aliphatic carbocycles. The number of hydrogen-bond donors (Lipinski definition) is 0. The first-order valence-corrected chi connectivity index (χ1v) is 6.70. The van der Waals surface area contributed by atoms with Crippen molar-refractivity contribution in [2.45, 2.75) is 40.5 Å². The van der Waals surface area contributed by atoms with Crippen molar-refractivity contribution in [3.63, 3.8) is 0 Å². The average molecular weight is 256 g/mol. The van der Waals surface area contributed by atoms with Gasteiger partial charge in [-0.25, -0.2) is 0 Å². The largest absolute Gasteiger partial charge is 0.458 e. The van der Waals surface area contributed by atoms with Gasteiger partial charge in [-0.3, -0.25) is 4.79 Å². The van der Waals surface area contributed by atoms with Crippen LogP contribution in [0.2, 0.25) is 0 Å². The molecule has 0 amide bonds. The van der Waals surface area contributed by atoms with Crippen molar-refractivity contribution in [3.05, 3.63) is 58.0 Å². The molecule has 2 heteroatoms. The van der Waals surface area contributed by atoms with Gasteiger partial charge in [-0.2, -0.15) is 0 Å². The highest BCUT2D eigenvalue weighted by Gasteiger charge is 2.14. The molecule has 2 aromatic rings. The molecule has 1 aromatic heterocycles. The number of rotatable bonds is 4. The van der Waals surface area contributed by atoms with Crippen molar-refractivity contribution >= 4 is 5.78 Å². The predicted octanol–water partition coefficient (Wildman–Crippen LogP) is 4.19. The number of hydrogen-bond acceptors (Lipinski definition) is 2. The van der Waals surface area contributed by atoms with E-state index in [2.05, 4.69) is 32.9 Å². The zero-order valence-corrected chi connectivity index (χ0v) is 12.0. The molecule has 2 rings (SSSR count). The van der Waals surface area contributed by atoms with Crippen LogP contribution in [-0.4, -0.2) is 5.78 Å². The van der Waals surface area contributed by atoms with Crippen molar-refractivity contribution in [2.24, 2.45) is 0 Å². The van der Waals surface area contributed by atoms with Crippen LogP contribution in [0.3, 0.4) is 0 Å². The molecule has 0 saturated carbocycles. The minimum absolute atomic E-state index is 0.0507. The zero-order chi connectivity index (χ0) is 14.0. The van der Waals surface area contributed by atoms with Crippen molar-refractivity contribution in [2.75, 3.05) is 0 Å². The Morgan fingerprint density at radius 2 is 1.74 bits per heavy atom. The molecule has 0 saturated heterocycles. The molecule has 0 spiro atoms. The van der Waals surface area contributed by atoms with Crippen LogP contribution in [0, 0.1) is 20.8 Å². The molecule has 0 unspecified atom stereocenters. The monoisotopic (exact) mass is 256 g/mol. The summed E-state index contributed by atoms with van der Waals surface area (Å²) in [6, 6.07) is 7.90. The first kappa shape index (κ1) is 13.6. The molecule has 19 heavy (non-hydrogen) atoms. The van der Waals surface area contributed by atoms with Crippen molar-refractivity contribution in [1.82, 2.24) is 0 Å². The van der Waals surface area contributed by atoms with Gasteiger partial charge in [0.1, 0.15) is 5.76 Å². The third kappa shape index (κ3) is 2.95. The molecular weight excluding hydrogens is 236 g/mol. The highest BCUT2D eigenvalue weighted by Crippen LogP contribution is 2.19. The minimum atomic E-state index is 0.0507. The summed E-state index contributed by atoms with van der Waals surface area (Å²) >= 11 is 0. The van der Waals surface area contributed by atoms with Crippen LogP contribution in [0.1, 0.15) is 45.5 Å². The number of Topliss-reactive ketones (excluding diaryl/α,β-unsaturated/α-hetero) is 1. The fourth-order valence-corrected chi connectivity index (χ4v) is 2.45. The first-order chi connectivity index (χ1) is 9.01. The number of ketones is 1. The van der Waals surface area contributed by atoms with Gasteiger partial charge in [-0.15, -0.1) is 0 Å². The molecule has 0 fully saturated rings. The molecule has 0 radical (unpaired) electrons. The Hall–Kier alpha value is -1.83. The predicted molar refractivity (Wildman–Crippen MR) is 76.8 cm³/mol. The fraction of sp³-hybridized carbons (Fsp3) is 0.353. The number of furan rings is 1. The van der Waals surface area contributed by atoms with E-state index in [0.29, 0.717) is 12.2 Å². The van der Waals surface area contributed by atoms with Gasteiger partial charge in [0.05, 0.1) is 0 Å². The van der Waals surface area contributed by atoms with Gasteiger partial charge in [-0.1, -0.05) is 24.6 Å². The molecule has 0 aliphatic rings. The topological polar surface area (TPSA) is 30.2 Å². The molecule has 0 atom stereocenters. The Kier molecular flexibility index (Phi) is 3.89. The van der Waals surface area contributed by atoms with Gasteiger partial charge in [0.15, 0.2) is 5.76 Å². The Morgan fingerprint density at radius 1 is 1.11 bits per heavy atom. The zero-order valence-electron chi connectivity index (χ0n) is 12.0. The number of aryl methyl sites for hydroxylation is 4. The van der Waals surface area contributed by atoms with Gasteiger partial charge in [0.25, 0.3) is 0 Å². The maximum absolute atomic E-state index is 12.2. The van der Waals surface area contributed by atoms with Crippen LogP contribution in [0.4, 0.5) is 0 Å². The summed E-state index contributed by atoms with van der Waals surface area (Å²) in [5, 5.41) is 0. The Morgan fingerprint density at radius 3 is 2.26 bits per heavy atom. The van der Waals surface area contributed by atoms with Crippen LogP contribution in [-0.2, 0) is 12.8 Å². The molecule has 0 N–H and O–H groups in total. The summed E-state index contributed by atoms with van der Waals surface area (Å²) in [6.45, 7) is 8.21. The summed E-state index contributed by atoms with van der Waals surface area (Å²) in [4.78, 5) is 12.2. The first-order valence-electron chi connectivity index (χ1n) is 6.70. The van der Waals surface area contributed by atoms with E-state index in [1.54, 1.807) is 6.07 Å². The number of carbonyl (C=O) groups excluding carboxylic acids is 1. The van der Waals surface area contributed by atoms with E-state index in [4.69, 9.17) is 4.42 Å². The standard InChI is InChI=1S/C17H20O2/c1-5-14-6-7-17(19-14)16(18)10-15-12(3)8-11(2)9-13(15)4/h6-9H,5,10H2,1-4H3. The van der Waals surface area contributed by atoms with Gasteiger partial charge in [0, 0.05) is 12.8 Å². The second kappa shape index (κ2) is 5.43. The van der Waals surface area contributed by atoms with E-state index < -0.39 is 0 Å². The van der Waals surface area contributed by atoms with Gasteiger partial charge >= 0.3 is 0 Å². The summed E-state index contributed by atoms with van der Waals surface area (Å²) in [5.74, 6) is 1.38. The van der Waals surface area contributed by atoms with E-state index in [0.717, 1.165) is 17.7 Å². The maximum Gasteiger partial charge on any atom is 0.202 e. The van der Waals surface area contributed by atoms with Crippen LogP contribution in [0.25, 0.3) is 0 Å². The Bertz CT molecular complexity index is 582. The Labute approximate surface area is 114 Å². The van der Waals surface area contributed by atoms with Crippen LogP contribution >= 0.6 is 0 Å². The second-order valence-corrected chi connectivity index (χ2v) is 5.10. The van der Waals surface area contributed by atoms with E-state index in [-0.39, 0.29) is 5.78 Å². The molecule has 0 bridgehead atoms. The highest BCUT2D eigenvalue weighted by molar-refractivity contribution is 5.95. The van der Waals surface area contributed by atoms with Crippen molar-refractivity contribution in [1.29, 1.82) is 0 Å². The molecule has 0 aliphatic heterocycles. The molecule has 100 valence electrons. The van der Waals surface area contributed by atoms with Crippen molar-refractivity contribution < 1.29 is 9.21 Å². The normalized spacial score (nSPS) is 10.7. The third-order valence-electron chi connectivity index (χ3n) is 3.46. The van der Waals surface area contributed by atoms with Crippen molar-refractivity contribution in [3.8, 4) is 0 Å². The van der Waals surface area contributed by atoms with Gasteiger partial charge < -0.3 is 4.42 Å². The fourth-order valence-electron chi connectivity index (χ4n) is 2.45. The van der Waals surface area contributed by atoms with E-state index in [9.17, 15) is 4.79 Å². The lowest BCUT2D eigenvalue weighted by molar-refractivity contribution is 0.0964. The smallest absolute Gasteiger partial charge is 0.202 e.